The monoisotopic (exact) mass is 819 g/mol. The SMILES string of the molecule is CC1(C)C(/C=C/C2=C(Cl)C(=C/C=C3/N(CCCOOOS)C4CCC5CCCCC5C4C3(C)C)/CCC2)=[N+](CCCOOOS)C2CCC3CCCCC3C21. The second kappa shape index (κ2) is 19.1. The van der Waals surface area contributed by atoms with E-state index in [0.29, 0.717) is 37.1 Å². The first-order chi connectivity index (χ1) is 26.7. The molecule has 55 heavy (non-hydrogen) atoms. The fourth-order valence-corrected chi connectivity index (χ4v) is 13.9. The van der Waals surface area contributed by atoms with Gasteiger partial charge in [-0.05, 0) is 118 Å². The van der Waals surface area contributed by atoms with Gasteiger partial charge in [-0.2, -0.15) is 0 Å². The van der Waals surface area contributed by atoms with Crippen LogP contribution in [-0.2, 0) is 28.5 Å². The molecule has 2 heterocycles. The molecule has 8 unspecified atom stereocenters. The average molecular weight is 821 g/mol. The highest BCUT2D eigenvalue weighted by Crippen LogP contribution is 2.60. The van der Waals surface area contributed by atoms with Gasteiger partial charge in [-0.25, -0.2) is 14.4 Å². The molecule has 0 aromatic heterocycles. The number of likely N-dealkylation sites (tertiary alicyclic amines) is 1. The highest BCUT2D eigenvalue weighted by atomic mass is 35.5. The van der Waals surface area contributed by atoms with Gasteiger partial charge < -0.3 is 4.90 Å². The standard InChI is InChI=1S/C44H67ClN2O6S2/c1-43(2)38(46(26-10-28-48-50-52-54)36-22-18-30-12-5-7-16-34(30)40(36)43)24-20-32-14-9-15-33(42(32)45)21-25-39-44(3,4)41-35-17-8-6-13-31(35)19-23-37(41)47(39)27-11-29-49-51-53-55/h20-21,24-25,30-31,34-37,40-41H,5-19,22-23,26-29H2,1-4H3,(H-,54,55)/p+1. The molecular weight excluding hydrogens is 752 g/mol. The molecule has 0 spiro atoms. The van der Waals surface area contributed by atoms with Gasteiger partial charge in [-0.1, -0.05) is 86.2 Å². The molecule has 0 N–H and O–H groups in total. The Labute approximate surface area is 347 Å². The molecule has 0 aromatic rings. The first-order valence-corrected chi connectivity index (χ1v) is 22.9. The summed E-state index contributed by atoms with van der Waals surface area (Å²) >= 11 is 14.7. The summed E-state index contributed by atoms with van der Waals surface area (Å²) in [5.74, 6) is 4.71. The number of hydrogen-bond acceptors (Lipinski definition) is 9. The molecule has 5 fully saturated rings. The molecule has 0 radical (unpaired) electrons. The Morgan fingerprint density at radius 3 is 2.09 bits per heavy atom. The quantitative estimate of drug-likeness (QED) is 0.0426. The summed E-state index contributed by atoms with van der Waals surface area (Å²) in [6, 6.07) is 1.13. The summed E-state index contributed by atoms with van der Waals surface area (Å²) in [6.45, 7) is 12.8. The largest absolute Gasteiger partial charge is 0.371 e. The van der Waals surface area contributed by atoms with Crippen molar-refractivity contribution < 1.29 is 33.1 Å². The normalized spacial score (nSPS) is 35.8. The van der Waals surface area contributed by atoms with Crippen molar-refractivity contribution >= 4 is 43.1 Å². The first kappa shape index (κ1) is 42.3. The summed E-state index contributed by atoms with van der Waals surface area (Å²) in [5, 5.41) is 10.2. The molecule has 0 amide bonds. The fraction of sp³-hybridized carbons (Fsp3) is 0.795. The van der Waals surface area contributed by atoms with E-state index in [1.54, 1.807) is 0 Å². The van der Waals surface area contributed by atoms with Crippen LogP contribution < -0.4 is 0 Å². The van der Waals surface area contributed by atoms with Crippen LogP contribution in [0, 0.1) is 46.3 Å². The van der Waals surface area contributed by atoms with Crippen molar-refractivity contribution in [2.45, 2.75) is 149 Å². The Morgan fingerprint density at radius 2 is 1.38 bits per heavy atom. The summed E-state index contributed by atoms with van der Waals surface area (Å²) in [4.78, 5) is 13.1. The van der Waals surface area contributed by atoms with Crippen LogP contribution in [-0.4, -0.2) is 53.6 Å². The number of fused-ring (bicyclic) bond motifs is 6. The molecule has 0 bridgehead atoms. The Balaban J connectivity index is 1.16. The zero-order chi connectivity index (χ0) is 38.6. The fourth-order valence-electron chi connectivity index (χ4n) is 13.5. The van der Waals surface area contributed by atoms with E-state index in [1.807, 2.05) is 0 Å². The van der Waals surface area contributed by atoms with Gasteiger partial charge in [0.2, 0.25) is 0 Å². The van der Waals surface area contributed by atoms with E-state index in [9.17, 15) is 0 Å². The van der Waals surface area contributed by atoms with E-state index in [4.69, 9.17) is 21.4 Å². The van der Waals surface area contributed by atoms with Gasteiger partial charge in [0.15, 0.2) is 11.8 Å². The summed E-state index contributed by atoms with van der Waals surface area (Å²) in [6.07, 6.45) is 30.8. The summed E-state index contributed by atoms with van der Waals surface area (Å²) < 4.78 is 11.5. The second-order valence-corrected chi connectivity index (χ2v) is 19.6. The van der Waals surface area contributed by atoms with Crippen LogP contribution in [0.3, 0.4) is 0 Å². The van der Waals surface area contributed by atoms with E-state index in [0.717, 1.165) is 73.9 Å². The number of halogens is 1. The molecule has 11 heteroatoms. The molecule has 7 aliphatic rings. The maximum absolute atomic E-state index is 7.42. The zero-order valence-electron chi connectivity index (χ0n) is 33.9. The molecule has 8 nitrogen and oxygen atoms in total. The lowest BCUT2D eigenvalue weighted by atomic mass is 9.57. The predicted octanol–water partition coefficient (Wildman–Crippen LogP) is 11.3. The molecule has 308 valence electrons. The van der Waals surface area contributed by atoms with Gasteiger partial charge >= 0.3 is 0 Å². The van der Waals surface area contributed by atoms with Crippen LogP contribution >= 0.6 is 37.4 Å². The lowest BCUT2D eigenvalue weighted by Crippen LogP contribution is -2.46. The van der Waals surface area contributed by atoms with Gasteiger partial charge in [0.25, 0.3) is 0 Å². The Bertz CT molecular complexity index is 1490. The number of rotatable bonds is 15. The third kappa shape index (κ3) is 8.89. The van der Waals surface area contributed by atoms with Crippen molar-refractivity contribution in [2.24, 2.45) is 46.3 Å². The molecular formula is C44H68ClN2O6S2+. The van der Waals surface area contributed by atoms with Crippen molar-refractivity contribution in [1.29, 1.82) is 0 Å². The van der Waals surface area contributed by atoms with Gasteiger partial charge in [0, 0.05) is 79.4 Å². The third-order valence-corrected chi connectivity index (χ3v) is 16.1. The van der Waals surface area contributed by atoms with Gasteiger partial charge in [0.05, 0.1) is 18.6 Å². The highest BCUT2D eigenvalue weighted by Gasteiger charge is 2.60. The maximum atomic E-state index is 7.42. The molecule has 2 aliphatic heterocycles. The van der Waals surface area contributed by atoms with Crippen molar-refractivity contribution in [2.75, 3.05) is 26.3 Å². The number of hydrogen-bond donors (Lipinski definition) is 2. The zero-order valence-corrected chi connectivity index (χ0v) is 36.4. The van der Waals surface area contributed by atoms with E-state index in [-0.39, 0.29) is 10.8 Å². The minimum Gasteiger partial charge on any atom is -0.371 e. The molecule has 8 atom stereocenters. The average Bonchev–Trinajstić information content (AvgIpc) is 3.54. The Morgan fingerprint density at radius 1 is 0.727 bits per heavy atom. The van der Waals surface area contributed by atoms with E-state index >= 15 is 0 Å². The van der Waals surface area contributed by atoms with Crippen LogP contribution in [0.2, 0.25) is 0 Å². The first-order valence-electron chi connectivity index (χ1n) is 21.8. The van der Waals surface area contributed by atoms with E-state index in [2.05, 4.69) is 106 Å². The Hall–Kier alpha value is -0.820. The molecule has 0 aromatic carbocycles. The van der Waals surface area contributed by atoms with Gasteiger partial charge in [-0.3, -0.25) is 0 Å². The maximum Gasteiger partial charge on any atom is 0.182 e. The number of allylic oxidation sites excluding steroid dienone is 8. The van der Waals surface area contributed by atoms with Crippen LogP contribution in [0.4, 0.5) is 0 Å². The van der Waals surface area contributed by atoms with Crippen molar-refractivity contribution in [1.82, 2.24) is 4.90 Å². The van der Waals surface area contributed by atoms with Crippen LogP contribution in [0.5, 0.6) is 0 Å². The number of nitrogens with zero attached hydrogens (tertiary/aromatic N) is 2. The summed E-state index contributed by atoms with van der Waals surface area (Å²) in [5.41, 5.74) is 5.61. The second-order valence-electron chi connectivity index (χ2n) is 18.9. The topological polar surface area (TPSA) is 61.6 Å². The van der Waals surface area contributed by atoms with Crippen LogP contribution in [0.15, 0.2) is 46.2 Å². The number of thiol groups is 2. The third-order valence-electron chi connectivity index (χ3n) is 15.5. The molecule has 4 saturated carbocycles. The van der Waals surface area contributed by atoms with Crippen molar-refractivity contribution in [3.63, 3.8) is 0 Å². The highest BCUT2D eigenvalue weighted by molar-refractivity contribution is 7.75. The van der Waals surface area contributed by atoms with Crippen molar-refractivity contribution in [3.8, 4) is 0 Å². The van der Waals surface area contributed by atoms with Gasteiger partial charge in [0.1, 0.15) is 6.54 Å². The lowest BCUT2D eigenvalue weighted by Gasteiger charge is -2.47. The Kier molecular flexibility index (Phi) is 14.7. The minimum absolute atomic E-state index is 0.0841. The van der Waals surface area contributed by atoms with Gasteiger partial charge in [-0.15, -0.1) is 8.67 Å². The van der Waals surface area contributed by atoms with Crippen LogP contribution in [0.25, 0.3) is 0 Å². The van der Waals surface area contributed by atoms with E-state index in [1.165, 1.54) is 99.6 Å². The smallest absolute Gasteiger partial charge is 0.182 e. The summed E-state index contributed by atoms with van der Waals surface area (Å²) in [7, 11) is 0. The molecule has 1 saturated heterocycles. The molecule has 5 aliphatic carbocycles. The molecule has 7 rings (SSSR count). The van der Waals surface area contributed by atoms with Crippen molar-refractivity contribution in [3.05, 3.63) is 46.2 Å². The predicted molar refractivity (Wildman–Crippen MR) is 224 cm³/mol. The van der Waals surface area contributed by atoms with Crippen LogP contribution in [0.1, 0.15) is 137 Å². The lowest BCUT2D eigenvalue weighted by molar-refractivity contribution is -0.571. The minimum atomic E-state index is 0.0841. The van der Waals surface area contributed by atoms with E-state index < -0.39 is 0 Å².